The second-order valence-corrected chi connectivity index (χ2v) is 19.3. The smallest absolute Gasteiger partial charge is 0.329 e. The second kappa shape index (κ2) is 24.9. The van der Waals surface area contributed by atoms with Crippen molar-refractivity contribution in [3.63, 3.8) is 0 Å². The van der Waals surface area contributed by atoms with Crippen LogP contribution in [0.3, 0.4) is 0 Å². The number of nitrogens with zero attached hydrogens (tertiary/aromatic N) is 3. The molecule has 1 saturated carbocycles. The number of imidazole rings is 1. The molecule has 3 aliphatic rings. The van der Waals surface area contributed by atoms with Gasteiger partial charge in [-0.25, -0.2) is 4.79 Å². The van der Waals surface area contributed by atoms with Crippen LogP contribution in [0.4, 0.5) is 5.69 Å². The number of Topliss-reactive ketones (excluding diaryl/α,β-unsaturated/α-hetero) is 2. The number of ether oxygens (including phenoxy) is 3. The predicted octanol–water partition coefficient (Wildman–Crippen LogP) is 6.03. The zero-order valence-corrected chi connectivity index (χ0v) is 40.6. The summed E-state index contributed by atoms with van der Waals surface area (Å²) in [6, 6.07) is 17.8. The number of amides is 3. The molecule has 0 saturated heterocycles. The molecule has 2 aliphatic heterocycles. The van der Waals surface area contributed by atoms with Gasteiger partial charge in [-0.3, -0.25) is 38.0 Å². The van der Waals surface area contributed by atoms with Crippen LogP contribution in [0.2, 0.25) is 0 Å². The van der Waals surface area contributed by atoms with E-state index >= 15 is 0 Å². The highest BCUT2D eigenvalue weighted by Crippen LogP contribution is 2.39. The van der Waals surface area contributed by atoms with E-state index in [0.717, 1.165) is 110 Å². The first-order valence-electron chi connectivity index (χ1n) is 25.3. The summed E-state index contributed by atoms with van der Waals surface area (Å²) in [5.74, 6) is -1.23. The first-order chi connectivity index (χ1) is 33.4. The highest BCUT2D eigenvalue weighted by atomic mass is 16.5. The van der Waals surface area contributed by atoms with Crippen LogP contribution in [-0.2, 0) is 77.5 Å². The number of primary amides is 1. The molecule has 3 aromatic carbocycles. The van der Waals surface area contributed by atoms with Gasteiger partial charge in [0, 0.05) is 52.7 Å². The molecular weight excluding hydrogens is 877 g/mol. The Hall–Kier alpha value is -5.48. The topological polar surface area (TPSA) is 207 Å². The SMILES string of the molecule is C[C@@H](OCc1ccc(CCCOCCCCCCCCOCCCc2ccc3c(c2)n(C)c(=O)n3C2CCC(=O)CC2=O)cc1)[C@H](CCC(N)=O)NC(=O)[C@@H]1Cc2cccc3c2N1C(=O)[C@@H](N)CC3. The highest BCUT2D eigenvalue weighted by molar-refractivity contribution is 6.07. The van der Waals surface area contributed by atoms with Crippen molar-refractivity contribution in [1.82, 2.24) is 14.5 Å². The van der Waals surface area contributed by atoms with E-state index in [1.807, 2.05) is 43.3 Å². The number of unbranched alkanes of at least 4 members (excludes halogenated alkanes) is 5. The molecule has 4 aromatic rings. The van der Waals surface area contributed by atoms with Gasteiger partial charge in [-0.2, -0.15) is 0 Å². The number of carbonyl (C=O) groups is 5. The lowest BCUT2D eigenvalue weighted by Crippen LogP contribution is -2.55. The molecule has 372 valence electrons. The number of fused-ring (bicyclic) bond motifs is 1. The third-order valence-corrected chi connectivity index (χ3v) is 14.1. The van der Waals surface area contributed by atoms with Crippen LogP contribution in [-0.4, -0.2) is 89.1 Å². The van der Waals surface area contributed by atoms with Crippen LogP contribution in [0, 0.1) is 0 Å². The van der Waals surface area contributed by atoms with E-state index in [4.69, 9.17) is 25.7 Å². The standard InChI is InChI=1S/C54H72N6O9/c1-36(44(24-27-50(56)63)57-52(64)48-33-41-15-9-14-40-21-23-43(55)53(65)60(48)51(40)41)69-35-39-18-16-37(17-19-39)12-10-30-67-28-7-5-3-4-6-8-29-68-31-11-13-38-20-25-45-47(32-38)58(2)54(66)59(45)46-26-22-42(61)34-49(46)62/h9,14-20,25,32,36,43-44,46,48H,3-8,10-13,21-24,26-31,33-35,55H2,1-2H3,(H2,56,63)(H,57,64)/t36-,43+,44+,46?,48+/m1/s1. The molecule has 15 nitrogen and oxygen atoms in total. The number of ketones is 2. The fourth-order valence-corrected chi connectivity index (χ4v) is 10.1. The largest absolute Gasteiger partial charge is 0.381 e. The van der Waals surface area contributed by atoms with Crippen molar-refractivity contribution in [3.05, 3.63) is 99.0 Å². The van der Waals surface area contributed by atoms with Crippen LogP contribution in [0.1, 0.15) is 131 Å². The Morgan fingerprint density at radius 3 is 2.10 bits per heavy atom. The number of rotatable bonds is 27. The zero-order chi connectivity index (χ0) is 48.9. The lowest BCUT2D eigenvalue weighted by Gasteiger charge is -2.30. The lowest BCUT2D eigenvalue weighted by atomic mass is 9.92. The van der Waals surface area contributed by atoms with Crippen molar-refractivity contribution in [2.24, 2.45) is 18.5 Å². The Bertz CT molecular complexity index is 2480. The van der Waals surface area contributed by atoms with Gasteiger partial charge in [0.2, 0.25) is 17.7 Å². The van der Waals surface area contributed by atoms with Gasteiger partial charge in [0.25, 0.3) is 0 Å². The maximum absolute atomic E-state index is 13.9. The maximum atomic E-state index is 13.9. The molecule has 69 heavy (non-hydrogen) atoms. The third-order valence-electron chi connectivity index (χ3n) is 14.1. The highest BCUT2D eigenvalue weighted by Gasteiger charge is 2.43. The number of aryl methyl sites for hydroxylation is 4. The van der Waals surface area contributed by atoms with Gasteiger partial charge in [0.1, 0.15) is 11.8 Å². The molecule has 5 atom stereocenters. The number of para-hydroxylation sites is 1. The van der Waals surface area contributed by atoms with Gasteiger partial charge in [-0.1, -0.05) is 74.2 Å². The molecule has 1 fully saturated rings. The van der Waals surface area contributed by atoms with E-state index in [1.54, 1.807) is 21.1 Å². The molecule has 1 aliphatic carbocycles. The number of nitrogens with one attached hydrogen (secondary N) is 1. The number of nitrogens with two attached hydrogens (primary N) is 2. The first-order valence-corrected chi connectivity index (χ1v) is 25.3. The molecule has 0 radical (unpaired) electrons. The molecule has 1 unspecified atom stereocenters. The Balaban J connectivity index is 0.709. The molecule has 0 spiro atoms. The summed E-state index contributed by atoms with van der Waals surface area (Å²) in [7, 11) is 1.73. The number of anilines is 1. The monoisotopic (exact) mass is 949 g/mol. The minimum absolute atomic E-state index is 0.0521. The van der Waals surface area contributed by atoms with Crippen molar-refractivity contribution < 1.29 is 38.2 Å². The van der Waals surface area contributed by atoms with E-state index < -0.39 is 36.2 Å². The second-order valence-electron chi connectivity index (χ2n) is 19.3. The van der Waals surface area contributed by atoms with Gasteiger partial charge in [0.05, 0.1) is 54.0 Å². The number of hydrogen-bond donors (Lipinski definition) is 3. The van der Waals surface area contributed by atoms with Gasteiger partial charge < -0.3 is 31.0 Å². The first kappa shape index (κ1) is 51.4. The average Bonchev–Trinajstić information content (AvgIpc) is 3.81. The van der Waals surface area contributed by atoms with E-state index in [2.05, 4.69) is 29.6 Å². The van der Waals surface area contributed by atoms with Crippen molar-refractivity contribution in [2.45, 2.75) is 159 Å². The van der Waals surface area contributed by atoms with E-state index in [1.165, 1.54) is 18.4 Å². The number of benzene rings is 3. The average molecular weight is 949 g/mol. The Morgan fingerprint density at radius 2 is 1.41 bits per heavy atom. The lowest BCUT2D eigenvalue weighted by molar-refractivity contribution is -0.132. The summed E-state index contributed by atoms with van der Waals surface area (Å²) in [5.41, 5.74) is 19.2. The number of aromatic nitrogens is 2. The molecule has 7 rings (SSSR count). The summed E-state index contributed by atoms with van der Waals surface area (Å²) in [5, 5.41) is 3.10. The predicted molar refractivity (Wildman–Crippen MR) is 265 cm³/mol. The van der Waals surface area contributed by atoms with Crippen LogP contribution >= 0.6 is 0 Å². The number of hydrogen-bond acceptors (Lipinski definition) is 10. The van der Waals surface area contributed by atoms with Crippen LogP contribution in [0.5, 0.6) is 0 Å². The van der Waals surface area contributed by atoms with Crippen LogP contribution < -0.4 is 27.4 Å². The number of carbonyl (C=O) groups excluding carboxylic acids is 5. The van der Waals surface area contributed by atoms with Crippen molar-refractivity contribution in [3.8, 4) is 0 Å². The van der Waals surface area contributed by atoms with Crippen molar-refractivity contribution in [2.75, 3.05) is 31.3 Å². The summed E-state index contributed by atoms with van der Waals surface area (Å²) < 4.78 is 21.3. The fourth-order valence-electron chi connectivity index (χ4n) is 10.1. The Kier molecular flexibility index (Phi) is 18.5. The molecule has 3 amide bonds. The summed E-state index contributed by atoms with van der Waals surface area (Å²) >= 11 is 0. The zero-order valence-electron chi connectivity index (χ0n) is 40.6. The van der Waals surface area contributed by atoms with E-state index in [0.29, 0.717) is 51.7 Å². The third kappa shape index (κ3) is 13.4. The van der Waals surface area contributed by atoms with E-state index in [9.17, 15) is 28.8 Å². The molecular formula is C54H72N6O9. The van der Waals surface area contributed by atoms with Gasteiger partial charge in [-0.05, 0) is 111 Å². The fraction of sp³-hybridized carbons (Fsp3) is 0.556. The summed E-state index contributed by atoms with van der Waals surface area (Å²) in [6.07, 6.45) is 12.6. The van der Waals surface area contributed by atoms with Crippen molar-refractivity contribution >= 4 is 46.0 Å². The van der Waals surface area contributed by atoms with Gasteiger partial charge in [0.15, 0.2) is 5.78 Å². The van der Waals surface area contributed by atoms with Gasteiger partial charge in [-0.15, -0.1) is 0 Å². The summed E-state index contributed by atoms with van der Waals surface area (Å²) in [6.45, 7) is 5.15. The van der Waals surface area contributed by atoms with Crippen LogP contribution in [0.25, 0.3) is 11.0 Å². The van der Waals surface area contributed by atoms with E-state index in [-0.39, 0.29) is 41.9 Å². The Labute approximate surface area is 405 Å². The van der Waals surface area contributed by atoms with Gasteiger partial charge >= 0.3 is 5.69 Å². The minimum Gasteiger partial charge on any atom is -0.381 e. The molecule has 1 aromatic heterocycles. The maximum Gasteiger partial charge on any atom is 0.329 e. The van der Waals surface area contributed by atoms with Crippen LogP contribution in [0.15, 0.2) is 65.5 Å². The molecule has 5 N–H and O–H groups in total. The Morgan fingerprint density at radius 1 is 0.768 bits per heavy atom. The quantitative estimate of drug-likeness (QED) is 0.0468. The molecule has 3 heterocycles. The summed E-state index contributed by atoms with van der Waals surface area (Å²) in [4.78, 5) is 77.9. The molecule has 15 heteroatoms. The van der Waals surface area contributed by atoms with Crippen molar-refractivity contribution in [1.29, 1.82) is 0 Å². The normalized spacial score (nSPS) is 18.9. The molecule has 0 bridgehead atoms. The minimum atomic E-state index is -0.728.